The largest absolute Gasteiger partial charge is 0.325 e. The maximum Gasteiger partial charge on any atom is 0.126 e. The van der Waals surface area contributed by atoms with E-state index in [0.717, 1.165) is 30.9 Å². The molecule has 1 aromatic heterocycles. The average molecular weight is 264 g/mol. The van der Waals surface area contributed by atoms with Crippen molar-refractivity contribution >= 4 is 11.0 Å². The molecule has 2 aromatic rings. The van der Waals surface area contributed by atoms with Crippen molar-refractivity contribution in [2.24, 2.45) is 5.73 Å². The number of likely N-dealkylation sites (N-methyl/N-ethyl adjacent to an activating group) is 1. The maximum absolute atomic E-state index is 13.3. The zero-order chi connectivity index (χ0) is 14.0. The number of halogens is 1. The fraction of sp³-hybridized carbons (Fsp3) is 0.500. The van der Waals surface area contributed by atoms with Crippen molar-refractivity contribution in [1.82, 2.24) is 14.5 Å². The summed E-state index contributed by atoms with van der Waals surface area (Å²) in [6, 6.07) is 4.60. The molecule has 0 bridgehead atoms. The second-order valence-corrected chi connectivity index (χ2v) is 5.07. The standard InChI is InChI=1S/C14H21FN4/c1-4-11(16)14-17-12-9-10(15)5-6-13(12)19(14)8-7-18(2)3/h5-6,9,11H,4,7-8,16H2,1-3H3. The Bertz CT molecular complexity index is 562. The van der Waals surface area contributed by atoms with Gasteiger partial charge in [-0.1, -0.05) is 6.92 Å². The van der Waals surface area contributed by atoms with E-state index < -0.39 is 0 Å². The van der Waals surface area contributed by atoms with E-state index in [2.05, 4.69) is 14.5 Å². The van der Waals surface area contributed by atoms with Gasteiger partial charge in [0.1, 0.15) is 11.6 Å². The van der Waals surface area contributed by atoms with Crippen LogP contribution in [0, 0.1) is 5.82 Å². The van der Waals surface area contributed by atoms with E-state index in [4.69, 9.17) is 5.73 Å². The molecule has 0 saturated carbocycles. The van der Waals surface area contributed by atoms with E-state index in [1.807, 2.05) is 21.0 Å². The third-order valence-electron chi connectivity index (χ3n) is 3.28. The summed E-state index contributed by atoms with van der Waals surface area (Å²) in [6.07, 6.45) is 0.813. The van der Waals surface area contributed by atoms with Crippen molar-refractivity contribution < 1.29 is 4.39 Å². The summed E-state index contributed by atoms with van der Waals surface area (Å²) in [5.74, 6) is 0.575. The van der Waals surface area contributed by atoms with Gasteiger partial charge in [0.15, 0.2) is 0 Å². The smallest absolute Gasteiger partial charge is 0.126 e. The topological polar surface area (TPSA) is 47.1 Å². The Morgan fingerprint density at radius 1 is 1.42 bits per heavy atom. The van der Waals surface area contributed by atoms with E-state index in [9.17, 15) is 4.39 Å². The summed E-state index contributed by atoms with van der Waals surface area (Å²) in [4.78, 5) is 6.61. The van der Waals surface area contributed by atoms with E-state index in [1.165, 1.54) is 12.1 Å². The van der Waals surface area contributed by atoms with E-state index in [-0.39, 0.29) is 11.9 Å². The van der Waals surface area contributed by atoms with Gasteiger partial charge in [0, 0.05) is 19.2 Å². The molecule has 2 N–H and O–H groups in total. The Morgan fingerprint density at radius 3 is 2.79 bits per heavy atom. The quantitative estimate of drug-likeness (QED) is 0.900. The van der Waals surface area contributed by atoms with Crippen molar-refractivity contribution in [3.63, 3.8) is 0 Å². The Morgan fingerprint density at radius 2 is 2.16 bits per heavy atom. The third-order valence-corrected chi connectivity index (χ3v) is 3.28. The van der Waals surface area contributed by atoms with E-state index >= 15 is 0 Å². The molecule has 19 heavy (non-hydrogen) atoms. The number of hydrogen-bond acceptors (Lipinski definition) is 3. The number of imidazole rings is 1. The first kappa shape index (κ1) is 14.0. The van der Waals surface area contributed by atoms with Crippen LogP contribution in [0.4, 0.5) is 4.39 Å². The molecule has 5 heteroatoms. The molecule has 0 saturated heterocycles. The van der Waals surface area contributed by atoms with Gasteiger partial charge in [0.25, 0.3) is 0 Å². The van der Waals surface area contributed by atoms with Crippen LogP contribution in [-0.4, -0.2) is 35.1 Å². The van der Waals surface area contributed by atoms with Crippen LogP contribution < -0.4 is 5.73 Å². The fourth-order valence-electron chi connectivity index (χ4n) is 2.12. The van der Waals surface area contributed by atoms with Crippen molar-refractivity contribution in [2.75, 3.05) is 20.6 Å². The van der Waals surface area contributed by atoms with E-state index in [1.54, 1.807) is 6.07 Å². The summed E-state index contributed by atoms with van der Waals surface area (Å²) in [6.45, 7) is 3.73. The Kier molecular flexibility index (Phi) is 4.17. The van der Waals surface area contributed by atoms with Gasteiger partial charge in [-0.25, -0.2) is 9.37 Å². The minimum Gasteiger partial charge on any atom is -0.325 e. The molecule has 0 fully saturated rings. The highest BCUT2D eigenvalue weighted by Gasteiger charge is 2.16. The van der Waals surface area contributed by atoms with Crippen molar-refractivity contribution in [3.05, 3.63) is 29.8 Å². The number of rotatable bonds is 5. The molecular weight excluding hydrogens is 243 g/mol. The van der Waals surface area contributed by atoms with Gasteiger partial charge in [-0.2, -0.15) is 0 Å². The lowest BCUT2D eigenvalue weighted by atomic mass is 10.2. The number of hydrogen-bond donors (Lipinski definition) is 1. The molecule has 0 spiro atoms. The molecule has 4 nitrogen and oxygen atoms in total. The van der Waals surface area contributed by atoms with Crippen LogP contribution in [0.1, 0.15) is 25.2 Å². The summed E-state index contributed by atoms with van der Waals surface area (Å²) in [5.41, 5.74) is 7.74. The van der Waals surface area contributed by atoms with Crippen LogP contribution in [0.3, 0.4) is 0 Å². The Hall–Kier alpha value is -1.46. The average Bonchev–Trinajstić information content (AvgIpc) is 2.72. The molecule has 1 atom stereocenters. The predicted molar refractivity (Wildman–Crippen MR) is 75.5 cm³/mol. The van der Waals surface area contributed by atoms with Crippen molar-refractivity contribution in [1.29, 1.82) is 0 Å². The molecule has 104 valence electrons. The number of aromatic nitrogens is 2. The van der Waals surface area contributed by atoms with Gasteiger partial charge in [-0.15, -0.1) is 0 Å². The zero-order valence-corrected chi connectivity index (χ0v) is 11.7. The van der Waals surface area contributed by atoms with Gasteiger partial charge in [0.05, 0.1) is 17.1 Å². The molecule has 0 aliphatic rings. The first-order valence-corrected chi connectivity index (χ1v) is 6.59. The van der Waals surface area contributed by atoms with Gasteiger partial charge >= 0.3 is 0 Å². The molecule has 1 heterocycles. The number of fused-ring (bicyclic) bond motifs is 1. The molecular formula is C14H21FN4. The van der Waals surface area contributed by atoms with Gasteiger partial charge in [-0.3, -0.25) is 0 Å². The highest BCUT2D eigenvalue weighted by atomic mass is 19.1. The highest BCUT2D eigenvalue weighted by Crippen LogP contribution is 2.22. The Balaban J connectivity index is 2.48. The minimum absolute atomic E-state index is 0.113. The van der Waals surface area contributed by atoms with Crippen LogP contribution in [-0.2, 0) is 6.54 Å². The van der Waals surface area contributed by atoms with Crippen LogP contribution in [0.15, 0.2) is 18.2 Å². The van der Waals surface area contributed by atoms with Gasteiger partial charge < -0.3 is 15.2 Å². The first-order chi connectivity index (χ1) is 9.02. The Labute approximate surface area is 113 Å². The number of nitrogens with zero attached hydrogens (tertiary/aromatic N) is 3. The summed E-state index contributed by atoms with van der Waals surface area (Å²) in [7, 11) is 4.05. The maximum atomic E-state index is 13.3. The lowest BCUT2D eigenvalue weighted by molar-refractivity contribution is 0.380. The zero-order valence-electron chi connectivity index (χ0n) is 11.7. The lowest BCUT2D eigenvalue weighted by Crippen LogP contribution is -2.22. The first-order valence-electron chi connectivity index (χ1n) is 6.59. The molecule has 1 aromatic carbocycles. The van der Waals surface area contributed by atoms with Crippen LogP contribution in [0.2, 0.25) is 0 Å². The summed E-state index contributed by atoms with van der Waals surface area (Å²) in [5, 5.41) is 0. The number of nitrogens with two attached hydrogens (primary N) is 1. The van der Waals surface area contributed by atoms with Gasteiger partial charge in [-0.05, 0) is 32.6 Å². The number of benzene rings is 1. The molecule has 0 aliphatic heterocycles. The predicted octanol–water partition coefficient (Wildman–Crippen LogP) is 2.15. The lowest BCUT2D eigenvalue weighted by Gasteiger charge is -2.15. The second-order valence-electron chi connectivity index (χ2n) is 5.07. The fourth-order valence-corrected chi connectivity index (χ4v) is 2.12. The van der Waals surface area contributed by atoms with Crippen molar-refractivity contribution in [2.45, 2.75) is 25.9 Å². The molecule has 2 rings (SSSR count). The van der Waals surface area contributed by atoms with Crippen molar-refractivity contribution in [3.8, 4) is 0 Å². The highest BCUT2D eigenvalue weighted by molar-refractivity contribution is 5.76. The van der Waals surface area contributed by atoms with Crippen LogP contribution in [0.25, 0.3) is 11.0 Å². The third kappa shape index (κ3) is 2.93. The molecule has 0 amide bonds. The van der Waals surface area contributed by atoms with E-state index in [0.29, 0.717) is 5.52 Å². The summed E-state index contributed by atoms with van der Waals surface area (Å²) < 4.78 is 15.4. The monoisotopic (exact) mass is 264 g/mol. The second kappa shape index (κ2) is 5.67. The molecule has 0 radical (unpaired) electrons. The normalized spacial score (nSPS) is 13.4. The minimum atomic E-state index is -0.263. The SMILES string of the molecule is CCC(N)c1nc2cc(F)ccc2n1CCN(C)C. The van der Waals surface area contributed by atoms with Gasteiger partial charge in [0.2, 0.25) is 0 Å². The van der Waals surface area contributed by atoms with Crippen LogP contribution in [0.5, 0.6) is 0 Å². The summed E-state index contributed by atoms with van der Waals surface area (Å²) >= 11 is 0. The molecule has 0 aliphatic carbocycles. The van der Waals surface area contributed by atoms with Crippen LogP contribution >= 0.6 is 0 Å². The molecule has 1 unspecified atom stereocenters.